The van der Waals surface area contributed by atoms with E-state index in [1.165, 1.54) is 11.3 Å². The number of para-hydroxylation sites is 3. The minimum atomic E-state index is -0.0840. The van der Waals surface area contributed by atoms with E-state index in [9.17, 15) is 0 Å². The average Bonchev–Trinajstić information content (AvgIpc) is 2.95. The summed E-state index contributed by atoms with van der Waals surface area (Å²) in [6, 6.07) is 23.2. The maximum Gasteiger partial charge on any atom is 0.159 e. The summed E-state index contributed by atoms with van der Waals surface area (Å²) in [5, 5.41) is 2.33. The van der Waals surface area contributed by atoms with Crippen LogP contribution in [0.2, 0.25) is 0 Å². The van der Waals surface area contributed by atoms with Gasteiger partial charge in [-0.3, -0.25) is 0 Å². The summed E-state index contributed by atoms with van der Waals surface area (Å²) in [5.74, 6) is 0. The highest BCUT2D eigenvalue weighted by Gasteiger charge is 2.27. The smallest absolute Gasteiger partial charge is 0.159 e. The second-order valence-corrected chi connectivity index (χ2v) is 7.54. The highest BCUT2D eigenvalue weighted by atomic mass is 16.3. The van der Waals surface area contributed by atoms with Crippen LogP contribution in [0.1, 0.15) is 26.3 Å². The number of furan rings is 1. The first kappa shape index (κ1) is 15.8. The largest absolute Gasteiger partial charge is 0.454 e. The van der Waals surface area contributed by atoms with Crippen LogP contribution in [0.3, 0.4) is 0 Å². The van der Waals surface area contributed by atoms with Crippen LogP contribution in [0.25, 0.3) is 21.9 Å². The van der Waals surface area contributed by atoms with Gasteiger partial charge < -0.3 is 9.32 Å². The van der Waals surface area contributed by atoms with Gasteiger partial charge in [0, 0.05) is 22.0 Å². The van der Waals surface area contributed by atoms with Gasteiger partial charge in [0.25, 0.3) is 0 Å². The van der Waals surface area contributed by atoms with Gasteiger partial charge in [-0.2, -0.15) is 0 Å². The zero-order valence-electron chi connectivity index (χ0n) is 15.2. The van der Waals surface area contributed by atoms with Crippen molar-refractivity contribution in [2.45, 2.75) is 33.2 Å². The number of hydrogen-bond donors (Lipinski definition) is 0. The quantitative estimate of drug-likeness (QED) is 0.400. The van der Waals surface area contributed by atoms with Crippen LogP contribution in [0.15, 0.2) is 71.1 Å². The minimum Gasteiger partial charge on any atom is -0.454 e. The lowest BCUT2D eigenvalue weighted by Crippen LogP contribution is -2.38. The molecule has 0 N–H and O–H groups in total. The number of fused-ring (bicyclic) bond motifs is 3. The van der Waals surface area contributed by atoms with Crippen molar-refractivity contribution in [2.24, 2.45) is 0 Å². The van der Waals surface area contributed by atoms with Gasteiger partial charge in [-0.1, -0.05) is 48.5 Å². The fourth-order valence-electron chi connectivity index (χ4n) is 3.58. The Bertz CT molecular complexity index is 1050. The van der Waals surface area contributed by atoms with E-state index < -0.39 is 0 Å². The number of benzene rings is 3. The van der Waals surface area contributed by atoms with Crippen molar-refractivity contribution < 1.29 is 4.42 Å². The molecule has 2 heteroatoms. The molecule has 0 spiro atoms. The van der Waals surface area contributed by atoms with Crippen molar-refractivity contribution in [3.63, 3.8) is 0 Å². The molecule has 2 nitrogen and oxygen atoms in total. The fraction of sp³-hybridized carbons (Fsp3) is 0.217. The van der Waals surface area contributed by atoms with Crippen molar-refractivity contribution >= 4 is 33.3 Å². The highest BCUT2D eigenvalue weighted by molar-refractivity contribution is 6.09. The molecule has 0 fully saturated rings. The van der Waals surface area contributed by atoms with Gasteiger partial charge in [-0.15, -0.1) is 0 Å². The second-order valence-electron chi connectivity index (χ2n) is 7.54. The number of hydrogen-bond acceptors (Lipinski definition) is 2. The third kappa shape index (κ3) is 2.58. The Hall–Kier alpha value is -2.74. The molecule has 0 aliphatic rings. The predicted molar refractivity (Wildman–Crippen MR) is 107 cm³/mol. The van der Waals surface area contributed by atoms with Crippen LogP contribution in [-0.2, 0) is 0 Å². The molecular formula is C23H23NO. The molecule has 1 aromatic heterocycles. The normalized spacial score (nSPS) is 12.0. The van der Waals surface area contributed by atoms with Crippen molar-refractivity contribution in [1.82, 2.24) is 0 Å². The number of nitrogens with zero attached hydrogens (tertiary/aromatic N) is 1. The molecule has 0 bridgehead atoms. The Kier molecular flexibility index (Phi) is 3.57. The van der Waals surface area contributed by atoms with Crippen LogP contribution < -0.4 is 4.90 Å². The molecule has 0 aliphatic heterocycles. The molecule has 0 saturated carbocycles. The molecule has 126 valence electrons. The molecule has 4 aromatic rings. The first-order valence-electron chi connectivity index (χ1n) is 8.73. The van der Waals surface area contributed by atoms with E-state index in [-0.39, 0.29) is 5.54 Å². The molecule has 0 aliphatic carbocycles. The standard InChI is InChI=1S/C23H23NO/c1-16-10-5-7-13-19(16)24(23(2,3)4)20-14-9-12-18-17-11-6-8-15-21(17)25-22(18)20/h5-15H,1-4H3. The number of aryl methyl sites for hydroxylation is 1. The lowest BCUT2D eigenvalue weighted by atomic mass is 10.0. The van der Waals surface area contributed by atoms with Crippen molar-refractivity contribution in [1.29, 1.82) is 0 Å². The Labute approximate surface area is 148 Å². The molecule has 1 heterocycles. The van der Waals surface area contributed by atoms with Crippen molar-refractivity contribution in [2.75, 3.05) is 4.90 Å². The Balaban J connectivity index is 2.04. The van der Waals surface area contributed by atoms with Crippen LogP contribution in [-0.4, -0.2) is 5.54 Å². The van der Waals surface area contributed by atoms with Gasteiger partial charge in [0.1, 0.15) is 5.58 Å². The minimum absolute atomic E-state index is 0.0840. The molecule has 0 amide bonds. The summed E-state index contributed by atoms with van der Waals surface area (Å²) < 4.78 is 6.28. The third-order valence-corrected chi connectivity index (χ3v) is 4.65. The number of anilines is 2. The summed E-state index contributed by atoms with van der Waals surface area (Å²) in [7, 11) is 0. The zero-order chi connectivity index (χ0) is 17.6. The van der Waals surface area contributed by atoms with E-state index in [1.807, 2.05) is 12.1 Å². The van der Waals surface area contributed by atoms with E-state index in [4.69, 9.17) is 4.42 Å². The topological polar surface area (TPSA) is 16.4 Å². The van der Waals surface area contributed by atoms with Crippen LogP contribution >= 0.6 is 0 Å². The van der Waals surface area contributed by atoms with Crippen molar-refractivity contribution in [3.8, 4) is 0 Å². The second kappa shape index (κ2) is 5.66. The predicted octanol–water partition coefficient (Wildman–Crippen LogP) is 6.83. The summed E-state index contributed by atoms with van der Waals surface area (Å²) >= 11 is 0. The molecule has 25 heavy (non-hydrogen) atoms. The molecule has 0 unspecified atom stereocenters. The molecule has 0 radical (unpaired) electrons. The van der Waals surface area contributed by atoms with E-state index in [1.54, 1.807) is 0 Å². The summed E-state index contributed by atoms with van der Waals surface area (Å²) in [6.07, 6.45) is 0. The van der Waals surface area contributed by atoms with Gasteiger partial charge in [0.15, 0.2) is 5.58 Å². The molecular weight excluding hydrogens is 306 g/mol. The van der Waals surface area contributed by atoms with E-state index >= 15 is 0 Å². The first-order valence-corrected chi connectivity index (χ1v) is 8.73. The third-order valence-electron chi connectivity index (χ3n) is 4.65. The monoisotopic (exact) mass is 329 g/mol. The van der Waals surface area contributed by atoms with E-state index in [0.717, 1.165) is 27.6 Å². The lowest BCUT2D eigenvalue weighted by molar-refractivity contribution is 0.556. The van der Waals surface area contributed by atoms with Crippen LogP contribution in [0, 0.1) is 6.92 Å². The Morgan fingerprint density at radius 3 is 2.12 bits per heavy atom. The molecule has 3 aromatic carbocycles. The molecule has 0 atom stereocenters. The van der Waals surface area contributed by atoms with Gasteiger partial charge >= 0.3 is 0 Å². The first-order chi connectivity index (χ1) is 12.0. The molecule has 4 rings (SSSR count). The van der Waals surface area contributed by atoms with E-state index in [2.05, 4.69) is 87.2 Å². The van der Waals surface area contributed by atoms with Crippen LogP contribution in [0.5, 0.6) is 0 Å². The summed E-state index contributed by atoms with van der Waals surface area (Å²) in [6.45, 7) is 8.87. The van der Waals surface area contributed by atoms with Gasteiger partial charge in [-0.05, 0) is 51.5 Å². The Morgan fingerprint density at radius 1 is 0.720 bits per heavy atom. The Morgan fingerprint density at radius 2 is 1.36 bits per heavy atom. The fourth-order valence-corrected chi connectivity index (χ4v) is 3.58. The zero-order valence-corrected chi connectivity index (χ0v) is 15.2. The van der Waals surface area contributed by atoms with Crippen molar-refractivity contribution in [3.05, 3.63) is 72.3 Å². The van der Waals surface area contributed by atoms with Gasteiger partial charge in [0.2, 0.25) is 0 Å². The molecule has 0 saturated heterocycles. The maximum atomic E-state index is 6.28. The maximum absolute atomic E-state index is 6.28. The SMILES string of the molecule is Cc1ccccc1N(c1cccc2c1oc1ccccc12)C(C)(C)C. The highest BCUT2D eigenvalue weighted by Crippen LogP contribution is 2.41. The summed E-state index contributed by atoms with van der Waals surface area (Å²) in [4.78, 5) is 2.38. The number of rotatable bonds is 2. The van der Waals surface area contributed by atoms with Crippen LogP contribution in [0.4, 0.5) is 11.4 Å². The summed E-state index contributed by atoms with van der Waals surface area (Å²) in [5.41, 5.74) is 5.37. The lowest BCUT2D eigenvalue weighted by Gasteiger charge is -2.38. The average molecular weight is 329 g/mol. The van der Waals surface area contributed by atoms with Gasteiger partial charge in [0.05, 0.1) is 5.69 Å². The van der Waals surface area contributed by atoms with Gasteiger partial charge in [-0.25, -0.2) is 0 Å². The van der Waals surface area contributed by atoms with E-state index in [0.29, 0.717) is 0 Å².